The third-order valence-electron chi connectivity index (χ3n) is 8.12. The highest BCUT2D eigenvalue weighted by molar-refractivity contribution is 6.22. The van der Waals surface area contributed by atoms with E-state index in [2.05, 4.69) is 28.7 Å². The van der Waals surface area contributed by atoms with Gasteiger partial charge in [-0.2, -0.15) is 0 Å². The first-order valence-corrected chi connectivity index (χ1v) is 13.5. The summed E-state index contributed by atoms with van der Waals surface area (Å²) < 4.78 is 17.2. The van der Waals surface area contributed by atoms with Crippen molar-refractivity contribution in [3.8, 4) is 0 Å². The van der Waals surface area contributed by atoms with E-state index in [-0.39, 0.29) is 23.6 Å². The number of hydrogen-bond donors (Lipinski definition) is 1. The molecule has 1 aromatic heterocycles. The number of rotatable bonds is 7. The van der Waals surface area contributed by atoms with E-state index < -0.39 is 0 Å². The molecule has 2 heterocycles. The Morgan fingerprint density at radius 3 is 2.67 bits per heavy atom. The van der Waals surface area contributed by atoms with Crippen molar-refractivity contribution in [1.29, 1.82) is 0 Å². The Labute approximate surface area is 218 Å². The first-order valence-electron chi connectivity index (χ1n) is 13.0. The molecule has 0 bridgehead atoms. The monoisotopic (exact) mass is 513 g/mol. The van der Waals surface area contributed by atoms with Crippen LogP contribution in [0, 0.1) is 25.2 Å². The van der Waals surface area contributed by atoms with Gasteiger partial charge in [0.25, 0.3) is 0 Å². The van der Waals surface area contributed by atoms with Crippen molar-refractivity contribution in [2.24, 2.45) is 11.3 Å². The summed E-state index contributed by atoms with van der Waals surface area (Å²) in [4.78, 5) is 14.6. The summed E-state index contributed by atoms with van der Waals surface area (Å²) in [5.41, 5.74) is 3.44. The molecule has 1 N–H and O–H groups in total. The van der Waals surface area contributed by atoms with Crippen LogP contribution in [0.15, 0.2) is 52.6 Å². The lowest BCUT2D eigenvalue weighted by Crippen LogP contribution is -2.50. The average Bonchev–Trinajstić information content (AvgIpc) is 3.18. The number of carbonyl (C=O) groups is 1. The summed E-state index contributed by atoms with van der Waals surface area (Å²) >= 11 is 6.26. The second kappa shape index (κ2) is 11.0. The van der Waals surface area contributed by atoms with Gasteiger partial charge in [0.1, 0.15) is 0 Å². The summed E-state index contributed by atoms with van der Waals surface area (Å²) in [6.07, 6.45) is 20.0. The van der Waals surface area contributed by atoms with Gasteiger partial charge in [-0.05, 0) is 62.9 Å². The summed E-state index contributed by atoms with van der Waals surface area (Å²) in [6, 6.07) is -0.0978. The molecule has 4 aliphatic rings. The molecule has 2 fully saturated rings. The Hall–Kier alpha value is -2.35. The van der Waals surface area contributed by atoms with Crippen molar-refractivity contribution in [2.45, 2.75) is 63.5 Å². The zero-order valence-corrected chi connectivity index (χ0v) is 21.9. The van der Waals surface area contributed by atoms with Gasteiger partial charge in [-0.3, -0.25) is 5.32 Å². The number of amides is 2. The molecule has 1 spiro atoms. The van der Waals surface area contributed by atoms with Gasteiger partial charge in [0.2, 0.25) is 5.88 Å². The molecule has 2 amide bonds. The number of nitrogens with zero attached hydrogens (tertiary/aromatic N) is 2. The summed E-state index contributed by atoms with van der Waals surface area (Å²) in [7, 11) is 0. The van der Waals surface area contributed by atoms with Crippen molar-refractivity contribution >= 4 is 23.5 Å². The van der Waals surface area contributed by atoms with Crippen LogP contribution >= 0.6 is 11.6 Å². The van der Waals surface area contributed by atoms with Crippen molar-refractivity contribution in [1.82, 2.24) is 10.1 Å². The average molecular weight is 514 g/mol. The van der Waals surface area contributed by atoms with E-state index in [9.17, 15) is 4.79 Å². The third kappa shape index (κ3) is 5.63. The molecule has 3 atom stereocenters. The number of hydrogen-bond acceptors (Lipinski definition) is 5. The number of alkyl halides is 1. The lowest BCUT2D eigenvalue weighted by Gasteiger charge is -2.53. The van der Waals surface area contributed by atoms with Gasteiger partial charge in [-0.1, -0.05) is 47.7 Å². The van der Waals surface area contributed by atoms with Crippen LogP contribution in [0.1, 0.15) is 43.4 Å². The number of allylic oxidation sites excluding steroid dienone is 4. The van der Waals surface area contributed by atoms with Gasteiger partial charge in [-0.15, -0.1) is 11.6 Å². The van der Waals surface area contributed by atoms with Crippen molar-refractivity contribution in [3.63, 3.8) is 0 Å². The van der Waals surface area contributed by atoms with Crippen LogP contribution in [0.4, 0.5) is 10.7 Å². The fraction of sp³-hybridized carbons (Fsp3) is 0.571. The standard InChI is InChI=1S/C28H36ClN3O4/c1-19-20(2)31-36-26(19)30-27(33)32-12-10-28(11-13-32)17-22(18-28)21-6-5-7-23(16-21)34-14-15-35-25-9-4-3-8-24(25)29/h3-6,8-9,16,22-25H,7,10-15,17-18H2,1-2H3,(H,30,33). The Morgan fingerprint density at radius 1 is 1.19 bits per heavy atom. The van der Waals surface area contributed by atoms with Gasteiger partial charge in [0.15, 0.2) is 0 Å². The zero-order chi connectivity index (χ0) is 25.1. The van der Waals surface area contributed by atoms with E-state index >= 15 is 0 Å². The van der Waals surface area contributed by atoms with E-state index in [0.717, 1.165) is 43.6 Å². The van der Waals surface area contributed by atoms with Crippen LogP contribution in [-0.4, -0.2) is 60.0 Å². The lowest BCUT2D eigenvalue weighted by atomic mass is 9.55. The first-order chi connectivity index (χ1) is 17.4. The molecule has 3 unspecified atom stereocenters. The lowest BCUT2D eigenvalue weighted by molar-refractivity contribution is 0.00236. The highest BCUT2D eigenvalue weighted by atomic mass is 35.5. The Kier molecular flexibility index (Phi) is 7.70. The minimum Gasteiger partial charge on any atom is -0.371 e. The summed E-state index contributed by atoms with van der Waals surface area (Å²) in [5, 5.41) is 6.67. The predicted molar refractivity (Wildman–Crippen MR) is 140 cm³/mol. The Morgan fingerprint density at radius 2 is 1.94 bits per heavy atom. The molecular formula is C28H36ClN3O4. The third-order valence-corrected chi connectivity index (χ3v) is 8.52. The Balaban J connectivity index is 1.04. The summed E-state index contributed by atoms with van der Waals surface area (Å²) in [5.74, 6) is 1.03. The second-order valence-electron chi connectivity index (χ2n) is 10.5. The number of likely N-dealkylation sites (tertiary alicyclic amines) is 1. The van der Waals surface area contributed by atoms with E-state index in [1.807, 2.05) is 43.1 Å². The molecular weight excluding hydrogens is 478 g/mol. The number of nitrogens with one attached hydrogen (secondary N) is 1. The highest BCUT2D eigenvalue weighted by Crippen LogP contribution is 2.55. The van der Waals surface area contributed by atoms with E-state index in [1.54, 1.807) is 0 Å². The molecule has 36 heavy (non-hydrogen) atoms. The van der Waals surface area contributed by atoms with Crippen LogP contribution in [0.5, 0.6) is 0 Å². The maximum atomic E-state index is 12.7. The molecule has 194 valence electrons. The first kappa shape index (κ1) is 25.3. The van der Waals surface area contributed by atoms with Crippen molar-refractivity contribution in [2.75, 3.05) is 31.6 Å². The van der Waals surface area contributed by atoms with Gasteiger partial charge in [0.05, 0.1) is 36.5 Å². The molecule has 0 radical (unpaired) electrons. The van der Waals surface area contributed by atoms with E-state index in [1.165, 1.54) is 18.4 Å². The number of anilines is 1. The number of halogens is 1. The zero-order valence-electron chi connectivity index (χ0n) is 21.1. The number of aryl methyl sites for hydroxylation is 1. The SMILES string of the molecule is Cc1noc(NC(=O)N2CCC3(CC2)CC(C2=CC(OCCOC4C=CC=CC4Cl)CC=C2)C3)c1C. The van der Waals surface area contributed by atoms with Gasteiger partial charge >= 0.3 is 6.03 Å². The smallest absolute Gasteiger partial charge is 0.324 e. The van der Waals surface area contributed by atoms with Crippen LogP contribution in [-0.2, 0) is 9.47 Å². The van der Waals surface area contributed by atoms with Crippen molar-refractivity contribution in [3.05, 3.63) is 59.4 Å². The minimum absolute atomic E-state index is 0.0864. The van der Waals surface area contributed by atoms with E-state index in [4.69, 9.17) is 25.6 Å². The molecule has 1 aromatic rings. The largest absolute Gasteiger partial charge is 0.371 e. The fourth-order valence-corrected chi connectivity index (χ4v) is 5.92. The number of ether oxygens (including phenoxy) is 2. The molecule has 1 saturated heterocycles. The van der Waals surface area contributed by atoms with E-state index in [0.29, 0.717) is 30.4 Å². The topological polar surface area (TPSA) is 76.8 Å². The fourth-order valence-electron chi connectivity index (χ4n) is 5.68. The number of aromatic nitrogens is 1. The van der Waals surface area contributed by atoms with Gasteiger partial charge in [0, 0.05) is 18.7 Å². The normalized spacial score (nSPS) is 27.2. The molecule has 0 aromatic carbocycles. The predicted octanol–water partition coefficient (Wildman–Crippen LogP) is 5.71. The Bertz CT molecular complexity index is 1060. The number of carbonyl (C=O) groups excluding carboxylic acids is 1. The second-order valence-corrected chi connectivity index (χ2v) is 11.0. The molecule has 5 rings (SSSR count). The highest BCUT2D eigenvalue weighted by Gasteiger charge is 2.47. The molecule has 7 nitrogen and oxygen atoms in total. The number of urea groups is 1. The molecule has 3 aliphatic carbocycles. The quantitative estimate of drug-likeness (QED) is 0.373. The van der Waals surface area contributed by atoms with Crippen LogP contribution < -0.4 is 5.32 Å². The van der Waals surface area contributed by atoms with Gasteiger partial charge < -0.3 is 18.9 Å². The maximum Gasteiger partial charge on any atom is 0.324 e. The molecule has 1 aliphatic heterocycles. The van der Waals surface area contributed by atoms with Crippen LogP contribution in [0.3, 0.4) is 0 Å². The van der Waals surface area contributed by atoms with Crippen LogP contribution in [0.2, 0.25) is 0 Å². The molecule has 1 saturated carbocycles. The molecule has 8 heteroatoms. The number of piperidine rings is 1. The van der Waals surface area contributed by atoms with Crippen molar-refractivity contribution < 1.29 is 18.8 Å². The summed E-state index contributed by atoms with van der Waals surface area (Å²) in [6.45, 7) is 6.42. The maximum absolute atomic E-state index is 12.7. The van der Waals surface area contributed by atoms with Gasteiger partial charge in [-0.25, -0.2) is 4.79 Å². The minimum atomic E-state index is -0.118. The van der Waals surface area contributed by atoms with Crippen LogP contribution in [0.25, 0.3) is 0 Å².